The third-order valence-electron chi connectivity index (χ3n) is 6.35. The average molecular weight is 674 g/mol. The van der Waals surface area contributed by atoms with Crippen LogP contribution >= 0.6 is 0 Å². The average Bonchev–Trinajstić information content (AvgIpc) is 3.65. The van der Waals surface area contributed by atoms with Crippen molar-refractivity contribution >= 4 is 35.6 Å². The topological polar surface area (TPSA) is 137 Å². The second kappa shape index (κ2) is 18.1. The van der Waals surface area contributed by atoms with Crippen molar-refractivity contribution in [3.8, 4) is 0 Å². The van der Waals surface area contributed by atoms with Gasteiger partial charge in [-0.2, -0.15) is 26.3 Å². The van der Waals surface area contributed by atoms with E-state index in [1.165, 1.54) is 17.7 Å². The van der Waals surface area contributed by atoms with E-state index < -0.39 is 18.8 Å². The molecule has 1 saturated heterocycles. The first-order valence-electron chi connectivity index (χ1n) is 13.8. The summed E-state index contributed by atoms with van der Waals surface area (Å²) in [7, 11) is 0. The van der Waals surface area contributed by atoms with Crippen molar-refractivity contribution in [2.24, 2.45) is 0 Å². The molecule has 1 aliphatic rings. The molecule has 0 aliphatic carbocycles. The Morgan fingerprint density at radius 2 is 1.62 bits per heavy atom. The number of rotatable bonds is 6. The third-order valence-corrected chi connectivity index (χ3v) is 6.35. The maximum Gasteiger partial charge on any atom is 0.490 e. The van der Waals surface area contributed by atoms with E-state index in [1.54, 1.807) is 10.7 Å². The number of nitrogens with one attached hydrogen (secondary N) is 1. The van der Waals surface area contributed by atoms with E-state index in [9.17, 15) is 35.5 Å². The van der Waals surface area contributed by atoms with Crippen LogP contribution in [0.4, 0.5) is 42.4 Å². The molecule has 254 valence electrons. The summed E-state index contributed by atoms with van der Waals surface area (Å²) in [5, 5.41) is 21.6. The van der Waals surface area contributed by atoms with Crippen molar-refractivity contribution in [3.63, 3.8) is 0 Å². The van der Waals surface area contributed by atoms with Crippen LogP contribution in [0.3, 0.4) is 0 Å². The quantitative estimate of drug-likeness (QED) is 0.148. The summed E-state index contributed by atoms with van der Waals surface area (Å²) in [6.07, 6.45) is 0.758. The highest BCUT2D eigenvalue weighted by Crippen LogP contribution is 2.35. The third kappa shape index (κ3) is 12.2. The van der Waals surface area contributed by atoms with Crippen molar-refractivity contribution in [2.75, 3.05) is 16.8 Å². The van der Waals surface area contributed by atoms with Crippen molar-refractivity contribution in [2.45, 2.75) is 51.5 Å². The van der Waals surface area contributed by atoms with Crippen LogP contribution in [0.25, 0.3) is 5.65 Å². The number of hydrogen-bond acceptors (Lipinski definition) is 6. The Bertz CT molecular complexity index is 1580. The fraction of sp³-hybridized carbons (Fsp3) is 0.300. The molecule has 4 aromatic rings. The molecule has 1 fully saturated rings. The number of alkyl halides is 6. The monoisotopic (exact) mass is 673 g/mol. The number of carbonyl (C=O) groups is 3. The number of hydrogen-bond donors (Lipinski definition) is 3. The SMILES string of the molecule is CCCc1ccc(C(=O)Nc2cn3nc(N4CCCC4c4ccc(F)cc4)ccc3n2)cc1.FC(F)F.O=C(O)C(F)(F)F.O=CO. The summed E-state index contributed by atoms with van der Waals surface area (Å²) in [6, 6.07) is 18.4. The number of amides is 1. The van der Waals surface area contributed by atoms with Crippen LogP contribution in [-0.2, 0) is 16.0 Å². The number of nitrogens with zero attached hydrogens (tertiary/aromatic N) is 4. The number of fused-ring (bicyclic) bond motifs is 1. The van der Waals surface area contributed by atoms with Crippen molar-refractivity contribution < 1.29 is 55.3 Å². The van der Waals surface area contributed by atoms with Gasteiger partial charge in [-0.15, -0.1) is 5.10 Å². The molecule has 2 aromatic heterocycles. The molecule has 1 aliphatic heterocycles. The molecular weight excluding hydrogens is 643 g/mol. The van der Waals surface area contributed by atoms with Gasteiger partial charge in [0.1, 0.15) is 11.6 Å². The molecule has 0 bridgehead atoms. The van der Waals surface area contributed by atoms with Crippen LogP contribution in [0.1, 0.15) is 53.7 Å². The van der Waals surface area contributed by atoms with Crippen LogP contribution in [0.15, 0.2) is 66.9 Å². The minimum atomic E-state index is -5.08. The maximum absolute atomic E-state index is 13.4. The molecule has 0 spiro atoms. The molecular formula is C30H30F7N5O5. The lowest BCUT2D eigenvalue weighted by Crippen LogP contribution is -2.24. The first kappa shape index (κ1) is 38.0. The fourth-order valence-electron chi connectivity index (χ4n) is 4.46. The summed E-state index contributed by atoms with van der Waals surface area (Å²) >= 11 is 0. The minimum absolute atomic E-state index is 0.161. The van der Waals surface area contributed by atoms with Gasteiger partial charge in [-0.05, 0) is 66.8 Å². The molecule has 1 atom stereocenters. The van der Waals surface area contributed by atoms with Gasteiger partial charge < -0.3 is 20.4 Å². The Balaban J connectivity index is 0.000000465. The van der Waals surface area contributed by atoms with Crippen LogP contribution in [0.5, 0.6) is 0 Å². The van der Waals surface area contributed by atoms with Gasteiger partial charge in [0.2, 0.25) is 0 Å². The molecule has 1 amide bonds. The number of aromatic nitrogens is 3. The van der Waals surface area contributed by atoms with E-state index >= 15 is 0 Å². The molecule has 3 N–H and O–H groups in total. The zero-order valence-corrected chi connectivity index (χ0v) is 24.7. The lowest BCUT2D eigenvalue weighted by atomic mass is 10.0. The van der Waals surface area contributed by atoms with E-state index in [-0.39, 0.29) is 24.2 Å². The van der Waals surface area contributed by atoms with E-state index in [0.717, 1.165) is 43.6 Å². The molecule has 2 aromatic carbocycles. The number of carboxylic acid groups (broad SMARTS) is 2. The summed E-state index contributed by atoms with van der Waals surface area (Å²) in [5.41, 5.74) is 3.56. The Morgan fingerprint density at radius 3 is 2.15 bits per heavy atom. The number of benzene rings is 2. The maximum atomic E-state index is 13.4. The van der Waals surface area contributed by atoms with Crippen molar-refractivity contribution in [1.29, 1.82) is 0 Å². The largest absolute Gasteiger partial charge is 0.490 e. The van der Waals surface area contributed by atoms with Gasteiger partial charge in [-0.25, -0.2) is 18.7 Å². The summed E-state index contributed by atoms with van der Waals surface area (Å²) in [6.45, 7) is -0.900. The number of aliphatic carboxylic acids is 1. The van der Waals surface area contributed by atoms with Crippen molar-refractivity contribution in [1.82, 2.24) is 14.6 Å². The number of carboxylic acids is 1. The smallest absolute Gasteiger partial charge is 0.483 e. The Kier molecular flexibility index (Phi) is 14.6. The molecule has 1 unspecified atom stereocenters. The molecule has 47 heavy (non-hydrogen) atoms. The highest BCUT2D eigenvalue weighted by atomic mass is 19.4. The van der Waals surface area contributed by atoms with Crippen LogP contribution < -0.4 is 10.2 Å². The normalized spacial score (nSPS) is 13.8. The number of anilines is 2. The van der Waals surface area contributed by atoms with E-state index in [4.69, 9.17) is 24.9 Å². The van der Waals surface area contributed by atoms with E-state index in [0.29, 0.717) is 17.0 Å². The first-order valence-corrected chi connectivity index (χ1v) is 13.8. The summed E-state index contributed by atoms with van der Waals surface area (Å²) in [5.74, 6) is -1.90. The van der Waals surface area contributed by atoms with E-state index in [2.05, 4.69) is 22.1 Å². The number of imidazole rings is 1. The molecule has 0 radical (unpaired) electrons. The second-order valence-electron chi connectivity index (χ2n) is 9.58. The Labute approximate surface area is 263 Å². The minimum Gasteiger partial charge on any atom is -0.483 e. The second-order valence-corrected chi connectivity index (χ2v) is 9.58. The Morgan fingerprint density at radius 1 is 1.04 bits per heavy atom. The molecule has 0 saturated carbocycles. The van der Waals surface area contributed by atoms with Crippen molar-refractivity contribution in [3.05, 3.63) is 89.4 Å². The first-order chi connectivity index (χ1) is 22.2. The number of carbonyl (C=O) groups excluding carboxylic acids is 1. The zero-order chi connectivity index (χ0) is 35.1. The number of aryl methyl sites for hydroxylation is 1. The van der Waals surface area contributed by atoms with Crippen LogP contribution in [0, 0.1) is 5.82 Å². The highest BCUT2D eigenvalue weighted by molar-refractivity contribution is 6.03. The van der Waals surface area contributed by atoms with Gasteiger partial charge in [-0.1, -0.05) is 37.6 Å². The lowest BCUT2D eigenvalue weighted by Gasteiger charge is -2.26. The van der Waals surface area contributed by atoms with Gasteiger partial charge in [-0.3, -0.25) is 9.59 Å². The molecule has 17 heteroatoms. The Hall–Kier alpha value is -5.22. The van der Waals surface area contributed by atoms with Crippen LogP contribution in [-0.4, -0.2) is 62.6 Å². The van der Waals surface area contributed by atoms with E-state index in [1.807, 2.05) is 48.5 Å². The fourth-order valence-corrected chi connectivity index (χ4v) is 4.46. The van der Waals surface area contributed by atoms with Gasteiger partial charge in [0.25, 0.3) is 12.4 Å². The lowest BCUT2D eigenvalue weighted by molar-refractivity contribution is -0.192. The van der Waals surface area contributed by atoms with Gasteiger partial charge >= 0.3 is 18.8 Å². The summed E-state index contributed by atoms with van der Waals surface area (Å²) < 4.78 is 75.8. The summed E-state index contributed by atoms with van der Waals surface area (Å²) in [4.78, 5) is 36.6. The zero-order valence-electron chi connectivity index (χ0n) is 24.7. The standard InChI is InChI=1S/C26H26FN5O.C2HF3O2.CHF3.CH2O2/c1-2-4-18-6-8-20(9-7-18)26(33)29-23-17-32-24(28-23)14-15-25(30-32)31-16-3-5-22(31)19-10-12-21(27)13-11-19;3-2(4,5)1(6)7;2-1(3)4;2-1-3/h6-15,17,22H,2-5,16H2,1H3,(H,29,33);(H,6,7);1H;1H,(H,2,3). The van der Waals surface area contributed by atoms with Crippen LogP contribution in [0.2, 0.25) is 0 Å². The van der Waals surface area contributed by atoms with Gasteiger partial charge in [0.15, 0.2) is 11.5 Å². The molecule has 10 nitrogen and oxygen atoms in total. The predicted molar refractivity (Wildman–Crippen MR) is 157 cm³/mol. The molecule has 5 rings (SSSR count). The predicted octanol–water partition coefficient (Wildman–Crippen LogP) is 6.93. The van der Waals surface area contributed by atoms with Gasteiger partial charge in [0.05, 0.1) is 12.2 Å². The number of halogens is 7. The molecule has 3 heterocycles. The van der Waals surface area contributed by atoms with Gasteiger partial charge in [0, 0.05) is 12.1 Å². The highest BCUT2D eigenvalue weighted by Gasteiger charge is 2.38.